The van der Waals surface area contributed by atoms with Gasteiger partial charge in [-0.2, -0.15) is 14.4 Å². The number of fused-ring (bicyclic) bond motifs is 1. The summed E-state index contributed by atoms with van der Waals surface area (Å²) in [6.07, 6.45) is 5.07. The number of nitrogens with zero attached hydrogens (tertiary/aromatic N) is 5. The molecule has 0 saturated carbocycles. The third-order valence-corrected chi connectivity index (χ3v) is 10.2. The van der Waals surface area contributed by atoms with Gasteiger partial charge in [0, 0.05) is 24.7 Å². The third-order valence-electron chi connectivity index (χ3n) is 6.30. The van der Waals surface area contributed by atoms with Gasteiger partial charge in [-0.3, -0.25) is 14.9 Å². The largest absolute Gasteiger partial charge is 0.324 e. The zero-order valence-corrected chi connectivity index (χ0v) is 23.5. The van der Waals surface area contributed by atoms with Gasteiger partial charge in [0.05, 0.1) is 31.1 Å². The van der Waals surface area contributed by atoms with Gasteiger partial charge in [0.1, 0.15) is 0 Å². The third kappa shape index (κ3) is 5.91. The predicted molar refractivity (Wildman–Crippen MR) is 153 cm³/mol. The summed E-state index contributed by atoms with van der Waals surface area (Å²) in [7, 11) is -3.66. The van der Waals surface area contributed by atoms with E-state index in [9.17, 15) is 23.3 Å². The highest BCUT2D eigenvalue weighted by Crippen LogP contribution is 2.31. The first-order valence-electron chi connectivity index (χ1n) is 12.3. The fraction of sp³-hybridized carbons (Fsp3) is 0.269. The number of hydrazone groups is 1. The van der Waals surface area contributed by atoms with Crippen LogP contribution < -0.4 is 5.01 Å². The lowest BCUT2D eigenvalue weighted by molar-refractivity contribution is -0.380. The number of carbonyl (C=O) groups excluding carboxylic acids is 1. The standard InChI is InChI=1S/C26H25N5O5S3/c1-18-6-12-22-23(16-18)38-26(28-22)30(27-17-20-9-13-24(37-20)31(33)34)25(32)19-7-10-21(11-8-19)39(35,36)29-14-4-2-3-5-15-29/h6-13,16-17H,2-5,14-15H2,1H3/b27-17+. The Balaban J connectivity index is 1.46. The Labute approximate surface area is 233 Å². The second kappa shape index (κ2) is 11.3. The Morgan fingerprint density at radius 1 is 1.05 bits per heavy atom. The average molecular weight is 584 g/mol. The second-order valence-corrected chi connectivity index (χ2v) is 13.1. The number of sulfonamides is 1. The van der Waals surface area contributed by atoms with Crippen LogP contribution in [0.2, 0.25) is 0 Å². The van der Waals surface area contributed by atoms with Crippen LogP contribution in [0.5, 0.6) is 0 Å². The number of hydrogen-bond acceptors (Lipinski definition) is 9. The number of anilines is 1. The van der Waals surface area contributed by atoms with Crippen LogP contribution in [0.15, 0.2) is 64.6 Å². The Morgan fingerprint density at radius 2 is 1.77 bits per heavy atom. The van der Waals surface area contributed by atoms with Crippen molar-refractivity contribution in [1.82, 2.24) is 9.29 Å². The summed E-state index contributed by atoms with van der Waals surface area (Å²) in [4.78, 5) is 29.4. The molecule has 0 N–H and O–H groups in total. The molecule has 0 unspecified atom stereocenters. The van der Waals surface area contributed by atoms with Gasteiger partial charge >= 0.3 is 5.00 Å². The lowest BCUT2D eigenvalue weighted by Gasteiger charge is -2.20. The zero-order chi connectivity index (χ0) is 27.6. The lowest BCUT2D eigenvalue weighted by Crippen LogP contribution is -2.32. The molecule has 1 aliphatic rings. The van der Waals surface area contributed by atoms with Gasteiger partial charge in [-0.05, 0) is 67.8 Å². The Kier molecular flexibility index (Phi) is 7.84. The van der Waals surface area contributed by atoms with Crippen LogP contribution in [0, 0.1) is 17.0 Å². The van der Waals surface area contributed by atoms with E-state index in [1.807, 2.05) is 25.1 Å². The molecule has 2 aromatic heterocycles. The topological polar surface area (TPSA) is 126 Å². The van der Waals surface area contributed by atoms with Crippen molar-refractivity contribution in [2.45, 2.75) is 37.5 Å². The van der Waals surface area contributed by atoms with Gasteiger partial charge in [-0.25, -0.2) is 13.4 Å². The number of rotatable bonds is 7. The van der Waals surface area contributed by atoms with E-state index >= 15 is 0 Å². The number of aromatic nitrogens is 1. The minimum Gasteiger partial charge on any atom is -0.267 e. The number of hydrogen-bond donors (Lipinski definition) is 0. The molecule has 2 aromatic carbocycles. The predicted octanol–water partition coefficient (Wildman–Crippen LogP) is 5.82. The molecule has 13 heteroatoms. The van der Waals surface area contributed by atoms with Crippen LogP contribution in [0.1, 0.15) is 46.5 Å². The molecular weight excluding hydrogens is 559 g/mol. The minimum atomic E-state index is -3.66. The first kappa shape index (κ1) is 27.1. The molecule has 0 spiro atoms. The van der Waals surface area contributed by atoms with Crippen molar-refractivity contribution >= 4 is 65.2 Å². The first-order chi connectivity index (χ1) is 18.7. The molecule has 3 heterocycles. The maximum atomic E-state index is 13.6. The zero-order valence-electron chi connectivity index (χ0n) is 21.0. The number of benzene rings is 2. The molecule has 5 rings (SSSR count). The van der Waals surface area contributed by atoms with Crippen LogP contribution in [-0.4, -0.2) is 47.8 Å². The van der Waals surface area contributed by atoms with Crippen LogP contribution in [0.25, 0.3) is 10.2 Å². The number of thiophene rings is 1. The number of thiazole rings is 1. The van der Waals surface area contributed by atoms with E-state index in [1.54, 1.807) is 6.07 Å². The Bertz CT molecular complexity index is 1650. The summed E-state index contributed by atoms with van der Waals surface area (Å²) in [5, 5.41) is 16.8. The van der Waals surface area contributed by atoms with Crippen LogP contribution >= 0.6 is 22.7 Å². The van der Waals surface area contributed by atoms with Crippen molar-refractivity contribution in [2.24, 2.45) is 5.10 Å². The Hall–Kier alpha value is -3.52. The van der Waals surface area contributed by atoms with Crippen molar-refractivity contribution in [3.05, 3.63) is 80.7 Å². The van der Waals surface area contributed by atoms with Crippen LogP contribution in [0.3, 0.4) is 0 Å². The summed E-state index contributed by atoms with van der Waals surface area (Å²) < 4.78 is 28.7. The fourth-order valence-electron chi connectivity index (χ4n) is 4.25. The monoisotopic (exact) mass is 583 g/mol. The van der Waals surface area contributed by atoms with E-state index in [0.29, 0.717) is 28.6 Å². The van der Waals surface area contributed by atoms with Gasteiger partial charge in [0.15, 0.2) is 0 Å². The maximum Gasteiger partial charge on any atom is 0.324 e. The number of amides is 1. The molecule has 4 aromatic rings. The molecule has 1 saturated heterocycles. The molecule has 0 aliphatic carbocycles. The molecule has 0 radical (unpaired) electrons. The molecule has 1 aliphatic heterocycles. The van der Waals surface area contributed by atoms with Crippen molar-refractivity contribution in [1.29, 1.82) is 0 Å². The normalized spacial score (nSPS) is 15.0. The van der Waals surface area contributed by atoms with Crippen molar-refractivity contribution in [3.8, 4) is 0 Å². The van der Waals surface area contributed by atoms with Gasteiger partial charge in [-0.15, -0.1) is 0 Å². The van der Waals surface area contributed by atoms with Gasteiger partial charge in [-0.1, -0.05) is 41.6 Å². The van der Waals surface area contributed by atoms with Crippen molar-refractivity contribution in [3.63, 3.8) is 0 Å². The SMILES string of the molecule is Cc1ccc2nc(N(/N=C/c3ccc([N+](=O)[O-])s3)C(=O)c3ccc(S(=O)(=O)N4CCCCCC4)cc3)sc2c1. The highest BCUT2D eigenvalue weighted by molar-refractivity contribution is 7.89. The molecule has 0 atom stereocenters. The second-order valence-electron chi connectivity index (χ2n) is 9.10. The molecular formula is C26H25N5O5S3. The number of aryl methyl sites for hydroxylation is 1. The van der Waals surface area contributed by atoms with E-state index in [0.717, 1.165) is 52.3 Å². The summed E-state index contributed by atoms with van der Waals surface area (Å²) in [6.45, 7) is 2.94. The van der Waals surface area contributed by atoms with E-state index in [1.165, 1.54) is 52.2 Å². The van der Waals surface area contributed by atoms with E-state index in [-0.39, 0.29) is 15.5 Å². The summed E-state index contributed by atoms with van der Waals surface area (Å²) in [5.74, 6) is -0.508. The van der Waals surface area contributed by atoms with E-state index < -0.39 is 20.9 Å². The molecule has 10 nitrogen and oxygen atoms in total. The summed E-state index contributed by atoms with van der Waals surface area (Å²) in [5.41, 5.74) is 1.99. The van der Waals surface area contributed by atoms with Gasteiger partial charge in [0.25, 0.3) is 5.91 Å². The van der Waals surface area contributed by atoms with Crippen LogP contribution in [-0.2, 0) is 10.0 Å². The minimum absolute atomic E-state index is 0.0361. The highest BCUT2D eigenvalue weighted by atomic mass is 32.2. The van der Waals surface area contributed by atoms with Crippen LogP contribution in [0.4, 0.5) is 10.1 Å². The van der Waals surface area contributed by atoms with Gasteiger partial charge < -0.3 is 0 Å². The highest BCUT2D eigenvalue weighted by Gasteiger charge is 2.26. The summed E-state index contributed by atoms with van der Waals surface area (Å²) in [6, 6.07) is 14.5. The van der Waals surface area contributed by atoms with E-state index in [4.69, 9.17) is 0 Å². The molecule has 0 bridgehead atoms. The van der Waals surface area contributed by atoms with E-state index in [2.05, 4.69) is 10.1 Å². The van der Waals surface area contributed by atoms with Gasteiger partial charge in [0.2, 0.25) is 15.2 Å². The smallest absolute Gasteiger partial charge is 0.267 e. The Morgan fingerprint density at radius 3 is 2.44 bits per heavy atom. The summed E-state index contributed by atoms with van der Waals surface area (Å²) >= 11 is 2.23. The average Bonchev–Trinajstić information content (AvgIpc) is 3.47. The lowest BCUT2D eigenvalue weighted by atomic mass is 10.2. The van der Waals surface area contributed by atoms with Crippen molar-refractivity contribution in [2.75, 3.05) is 18.1 Å². The number of nitro groups is 1. The first-order valence-corrected chi connectivity index (χ1v) is 15.4. The number of carbonyl (C=O) groups is 1. The molecule has 202 valence electrons. The fourth-order valence-corrected chi connectivity index (χ4v) is 7.47. The molecule has 39 heavy (non-hydrogen) atoms. The van der Waals surface area contributed by atoms with Crippen molar-refractivity contribution < 1.29 is 18.1 Å². The quantitative estimate of drug-likeness (QED) is 0.153. The maximum absolute atomic E-state index is 13.6. The molecule has 1 amide bonds. The molecule has 1 fully saturated rings.